The average Bonchev–Trinajstić information content (AvgIpc) is 3.21. The van der Waals surface area contributed by atoms with Crippen molar-refractivity contribution in [2.24, 2.45) is 0 Å². The molecule has 0 radical (unpaired) electrons. The van der Waals surface area contributed by atoms with Crippen molar-refractivity contribution in [1.29, 1.82) is 0 Å². The molecule has 7 heteroatoms. The molecule has 0 atom stereocenters. The van der Waals surface area contributed by atoms with Crippen molar-refractivity contribution in [2.75, 3.05) is 5.32 Å². The van der Waals surface area contributed by atoms with E-state index >= 15 is 0 Å². The quantitative estimate of drug-likeness (QED) is 0.613. The number of aromatic nitrogens is 3. The van der Waals surface area contributed by atoms with Crippen LogP contribution in [0.1, 0.15) is 16.2 Å². The first-order valence-corrected chi connectivity index (χ1v) is 8.07. The number of pyridine rings is 1. The van der Waals surface area contributed by atoms with Crippen molar-refractivity contribution in [3.8, 4) is 10.6 Å². The van der Waals surface area contributed by atoms with E-state index in [1.54, 1.807) is 19.2 Å². The summed E-state index contributed by atoms with van der Waals surface area (Å²) in [6, 6.07) is 12.9. The molecule has 0 fully saturated rings. The van der Waals surface area contributed by atoms with Gasteiger partial charge in [-0.1, -0.05) is 16.5 Å². The highest BCUT2D eigenvalue weighted by molar-refractivity contribution is 7.21. The lowest BCUT2D eigenvalue weighted by molar-refractivity contribution is 0.101. The zero-order chi connectivity index (χ0) is 16.5. The van der Waals surface area contributed by atoms with Crippen LogP contribution in [-0.4, -0.2) is 21.0 Å². The molecule has 1 aromatic carbocycles. The minimum Gasteiger partial charge on any atom is -0.361 e. The fraction of sp³-hybridized carbons (Fsp3) is 0.0588. The zero-order valence-corrected chi connectivity index (χ0v) is 13.5. The SMILES string of the molecule is Cc1cc(C(=O)Nc2ccc(-c3nc4cccnc4s3)cc2)no1. The van der Waals surface area contributed by atoms with E-state index in [0.717, 1.165) is 20.9 Å². The van der Waals surface area contributed by atoms with Gasteiger partial charge in [0.25, 0.3) is 5.91 Å². The Bertz CT molecular complexity index is 987. The van der Waals surface area contributed by atoms with Crippen LogP contribution in [-0.2, 0) is 0 Å². The molecular formula is C17H12N4O2S. The van der Waals surface area contributed by atoms with Gasteiger partial charge in [-0.05, 0) is 43.3 Å². The van der Waals surface area contributed by atoms with Crippen molar-refractivity contribution in [1.82, 2.24) is 15.1 Å². The van der Waals surface area contributed by atoms with Gasteiger partial charge in [0, 0.05) is 23.5 Å². The van der Waals surface area contributed by atoms with Gasteiger partial charge in [0.1, 0.15) is 21.1 Å². The highest BCUT2D eigenvalue weighted by atomic mass is 32.1. The maximum absolute atomic E-state index is 12.0. The van der Waals surface area contributed by atoms with Crippen LogP contribution < -0.4 is 5.32 Å². The molecular weight excluding hydrogens is 324 g/mol. The minimum atomic E-state index is -0.302. The van der Waals surface area contributed by atoms with Gasteiger partial charge >= 0.3 is 0 Å². The first-order valence-electron chi connectivity index (χ1n) is 7.26. The summed E-state index contributed by atoms with van der Waals surface area (Å²) in [5.74, 6) is 0.295. The molecule has 0 spiro atoms. The highest BCUT2D eigenvalue weighted by Gasteiger charge is 2.12. The maximum atomic E-state index is 12.0. The van der Waals surface area contributed by atoms with Crippen molar-refractivity contribution < 1.29 is 9.32 Å². The number of fused-ring (bicyclic) bond motifs is 1. The molecule has 1 amide bonds. The Kier molecular flexibility index (Phi) is 3.55. The normalized spacial score (nSPS) is 10.9. The Morgan fingerprint density at radius 1 is 1.21 bits per heavy atom. The van der Waals surface area contributed by atoms with Gasteiger partial charge in [0.2, 0.25) is 0 Å². The second-order valence-corrected chi connectivity index (χ2v) is 6.18. The summed E-state index contributed by atoms with van der Waals surface area (Å²) in [7, 11) is 0. The molecule has 0 saturated carbocycles. The number of thiazole rings is 1. The highest BCUT2D eigenvalue weighted by Crippen LogP contribution is 2.29. The van der Waals surface area contributed by atoms with E-state index in [0.29, 0.717) is 11.4 Å². The Morgan fingerprint density at radius 3 is 2.75 bits per heavy atom. The lowest BCUT2D eigenvalue weighted by atomic mass is 10.2. The predicted molar refractivity (Wildman–Crippen MR) is 92.0 cm³/mol. The van der Waals surface area contributed by atoms with E-state index in [4.69, 9.17) is 4.52 Å². The van der Waals surface area contributed by atoms with Gasteiger partial charge in [-0.15, -0.1) is 0 Å². The molecule has 0 aliphatic rings. The molecule has 1 N–H and O–H groups in total. The van der Waals surface area contributed by atoms with E-state index in [2.05, 4.69) is 20.4 Å². The molecule has 0 aliphatic carbocycles. The maximum Gasteiger partial charge on any atom is 0.277 e. The van der Waals surface area contributed by atoms with Crippen molar-refractivity contribution >= 4 is 33.3 Å². The number of carbonyl (C=O) groups excluding carboxylic acids is 1. The molecule has 0 bridgehead atoms. The minimum absolute atomic E-state index is 0.258. The standard InChI is InChI=1S/C17H12N4O2S/c1-10-9-14(21-23-10)15(22)19-12-6-4-11(5-7-12)16-20-13-3-2-8-18-17(13)24-16/h2-9H,1H3,(H,19,22). The molecule has 24 heavy (non-hydrogen) atoms. The van der Waals surface area contributed by atoms with Gasteiger partial charge in [0.05, 0.1) is 0 Å². The molecule has 0 aliphatic heterocycles. The lowest BCUT2D eigenvalue weighted by Crippen LogP contribution is -2.11. The number of anilines is 1. The van der Waals surface area contributed by atoms with Crippen LogP contribution in [0, 0.1) is 6.92 Å². The average molecular weight is 336 g/mol. The molecule has 3 heterocycles. The monoisotopic (exact) mass is 336 g/mol. The number of nitrogens with zero attached hydrogens (tertiary/aromatic N) is 3. The second-order valence-electron chi connectivity index (χ2n) is 5.20. The molecule has 4 rings (SSSR count). The smallest absolute Gasteiger partial charge is 0.277 e. The third-order valence-electron chi connectivity index (χ3n) is 3.42. The number of hydrogen-bond acceptors (Lipinski definition) is 6. The largest absolute Gasteiger partial charge is 0.361 e. The molecule has 6 nitrogen and oxygen atoms in total. The summed E-state index contributed by atoms with van der Waals surface area (Å²) in [4.78, 5) is 21.8. The Hall–Kier alpha value is -3.06. The van der Waals surface area contributed by atoms with Crippen molar-refractivity contribution in [3.63, 3.8) is 0 Å². The predicted octanol–water partition coefficient (Wildman–Crippen LogP) is 3.91. The van der Waals surface area contributed by atoms with E-state index in [1.807, 2.05) is 36.4 Å². The lowest BCUT2D eigenvalue weighted by Gasteiger charge is -2.03. The summed E-state index contributed by atoms with van der Waals surface area (Å²) >= 11 is 1.54. The van der Waals surface area contributed by atoms with Crippen molar-refractivity contribution in [3.05, 3.63) is 60.1 Å². The van der Waals surface area contributed by atoms with Gasteiger partial charge < -0.3 is 9.84 Å². The Labute approximate surface area is 141 Å². The first-order chi connectivity index (χ1) is 11.7. The number of benzene rings is 1. The number of nitrogens with one attached hydrogen (secondary N) is 1. The number of amides is 1. The summed E-state index contributed by atoms with van der Waals surface area (Å²) in [5.41, 5.74) is 2.81. The van der Waals surface area contributed by atoms with Crippen LogP contribution in [0.3, 0.4) is 0 Å². The van der Waals surface area contributed by atoms with Gasteiger partial charge in [-0.25, -0.2) is 9.97 Å². The molecule has 0 saturated heterocycles. The number of hydrogen-bond donors (Lipinski definition) is 1. The van der Waals surface area contributed by atoms with E-state index < -0.39 is 0 Å². The topological polar surface area (TPSA) is 80.9 Å². The fourth-order valence-electron chi connectivity index (χ4n) is 2.26. The van der Waals surface area contributed by atoms with E-state index in [-0.39, 0.29) is 11.6 Å². The molecule has 4 aromatic rings. The van der Waals surface area contributed by atoms with E-state index in [9.17, 15) is 4.79 Å². The van der Waals surface area contributed by atoms with Gasteiger partial charge in [-0.2, -0.15) is 0 Å². The third kappa shape index (κ3) is 2.77. The van der Waals surface area contributed by atoms with Crippen LogP contribution in [0.2, 0.25) is 0 Å². The van der Waals surface area contributed by atoms with Crippen LogP contribution in [0.25, 0.3) is 20.9 Å². The number of rotatable bonds is 3. The summed E-state index contributed by atoms with van der Waals surface area (Å²) in [6.45, 7) is 1.74. The van der Waals surface area contributed by atoms with Crippen LogP contribution in [0.4, 0.5) is 5.69 Å². The number of aryl methyl sites for hydroxylation is 1. The Balaban J connectivity index is 1.55. The van der Waals surface area contributed by atoms with Gasteiger partial charge in [-0.3, -0.25) is 4.79 Å². The molecule has 118 valence electrons. The van der Waals surface area contributed by atoms with E-state index in [1.165, 1.54) is 11.3 Å². The second kappa shape index (κ2) is 5.86. The van der Waals surface area contributed by atoms with Gasteiger partial charge in [0.15, 0.2) is 5.69 Å². The molecule has 3 aromatic heterocycles. The summed E-state index contributed by atoms with van der Waals surface area (Å²) < 4.78 is 4.91. The third-order valence-corrected chi connectivity index (χ3v) is 4.44. The summed E-state index contributed by atoms with van der Waals surface area (Å²) in [5, 5.41) is 7.38. The summed E-state index contributed by atoms with van der Waals surface area (Å²) in [6.07, 6.45) is 1.76. The fourth-order valence-corrected chi connectivity index (χ4v) is 3.17. The molecule has 0 unspecified atom stereocenters. The number of carbonyl (C=O) groups is 1. The van der Waals surface area contributed by atoms with Crippen LogP contribution in [0.15, 0.2) is 53.2 Å². The Morgan fingerprint density at radius 2 is 2.04 bits per heavy atom. The van der Waals surface area contributed by atoms with Crippen LogP contribution >= 0.6 is 11.3 Å². The zero-order valence-electron chi connectivity index (χ0n) is 12.7. The first kappa shape index (κ1) is 14.5. The van der Waals surface area contributed by atoms with Crippen molar-refractivity contribution in [2.45, 2.75) is 6.92 Å². The van der Waals surface area contributed by atoms with Crippen LogP contribution in [0.5, 0.6) is 0 Å².